The molecule has 0 unspecified atom stereocenters. The Morgan fingerprint density at radius 3 is 1.63 bits per heavy atom. The van der Waals surface area contributed by atoms with Crippen LogP contribution in [0.1, 0.15) is 0 Å². The number of rotatable bonds is 3. The number of halogens is 2. The maximum absolute atomic E-state index is 14.7. The molecule has 0 saturated heterocycles. The van der Waals surface area contributed by atoms with Gasteiger partial charge in [0.25, 0.3) is 0 Å². The van der Waals surface area contributed by atoms with Gasteiger partial charge in [0.05, 0.1) is 0 Å². The van der Waals surface area contributed by atoms with E-state index in [9.17, 15) is 8.78 Å². The molecule has 0 aliphatic heterocycles. The van der Waals surface area contributed by atoms with Crippen LogP contribution in [0.3, 0.4) is 0 Å². The van der Waals surface area contributed by atoms with E-state index in [4.69, 9.17) is 0 Å². The van der Waals surface area contributed by atoms with Crippen LogP contribution < -0.4 is 5.46 Å². The SMILES string of the molecule is Bc1ccc(-c2ccc(-c3ccc(-c4ccccc4)cc3F)cc2F)cc1. The third-order valence-corrected chi connectivity index (χ3v) is 4.72. The molecular weight excluding hydrogens is 337 g/mol. The van der Waals surface area contributed by atoms with Crippen LogP contribution in [0, 0.1) is 11.6 Å². The molecule has 0 amide bonds. The fourth-order valence-electron chi connectivity index (χ4n) is 3.21. The van der Waals surface area contributed by atoms with Crippen molar-refractivity contribution in [3.05, 3.63) is 103 Å². The Labute approximate surface area is 158 Å². The summed E-state index contributed by atoms with van der Waals surface area (Å²) in [5, 5.41) is 0. The normalized spacial score (nSPS) is 10.7. The lowest BCUT2D eigenvalue weighted by Crippen LogP contribution is -1.99. The van der Waals surface area contributed by atoms with Crippen LogP contribution in [0.4, 0.5) is 8.78 Å². The van der Waals surface area contributed by atoms with E-state index in [1.165, 1.54) is 12.1 Å². The molecule has 0 bridgehead atoms. The van der Waals surface area contributed by atoms with E-state index < -0.39 is 0 Å². The van der Waals surface area contributed by atoms with Crippen LogP contribution in [0.5, 0.6) is 0 Å². The van der Waals surface area contributed by atoms with Crippen LogP contribution in [-0.4, -0.2) is 7.85 Å². The van der Waals surface area contributed by atoms with Gasteiger partial charge in [-0.3, -0.25) is 0 Å². The third kappa shape index (κ3) is 3.54. The molecule has 0 fully saturated rings. The van der Waals surface area contributed by atoms with Crippen molar-refractivity contribution in [1.29, 1.82) is 0 Å². The summed E-state index contributed by atoms with van der Waals surface area (Å²) in [6.45, 7) is 0. The van der Waals surface area contributed by atoms with Gasteiger partial charge in [0, 0.05) is 11.1 Å². The molecule has 27 heavy (non-hydrogen) atoms. The minimum atomic E-state index is -0.362. The quantitative estimate of drug-likeness (QED) is 0.442. The van der Waals surface area contributed by atoms with Gasteiger partial charge in [-0.25, -0.2) is 8.78 Å². The van der Waals surface area contributed by atoms with Gasteiger partial charge < -0.3 is 0 Å². The summed E-state index contributed by atoms with van der Waals surface area (Å²) in [5.41, 5.74) is 5.11. The molecule has 0 radical (unpaired) electrons. The second-order valence-electron chi connectivity index (χ2n) is 6.62. The average molecular weight is 354 g/mol. The van der Waals surface area contributed by atoms with Crippen molar-refractivity contribution < 1.29 is 8.78 Å². The lowest BCUT2D eigenvalue weighted by molar-refractivity contribution is 0.627. The molecule has 0 spiro atoms. The first-order valence-corrected chi connectivity index (χ1v) is 8.84. The van der Waals surface area contributed by atoms with Gasteiger partial charge in [0.15, 0.2) is 0 Å². The largest absolute Gasteiger partial charge is 0.206 e. The van der Waals surface area contributed by atoms with Crippen molar-refractivity contribution in [3.63, 3.8) is 0 Å². The van der Waals surface area contributed by atoms with Crippen molar-refractivity contribution in [3.8, 4) is 33.4 Å². The summed E-state index contributed by atoms with van der Waals surface area (Å²) in [5.74, 6) is -0.721. The minimum absolute atomic E-state index is 0.358. The molecule has 0 atom stereocenters. The van der Waals surface area contributed by atoms with Gasteiger partial charge in [-0.15, -0.1) is 0 Å². The standard InChI is InChI=1S/C24H17BF2/c25-20-10-6-17(7-11-20)21-13-9-19(15-24(21)27)22-12-8-18(14-23(22)26)16-4-2-1-3-5-16/h1-15H,25H2. The number of hydrogen-bond donors (Lipinski definition) is 0. The van der Waals surface area contributed by atoms with Crippen molar-refractivity contribution >= 4 is 13.3 Å². The summed E-state index contributed by atoms with van der Waals surface area (Å²) in [4.78, 5) is 0. The highest BCUT2D eigenvalue weighted by atomic mass is 19.1. The van der Waals surface area contributed by atoms with E-state index in [2.05, 4.69) is 0 Å². The van der Waals surface area contributed by atoms with Gasteiger partial charge in [-0.1, -0.05) is 84.3 Å². The van der Waals surface area contributed by atoms with Gasteiger partial charge in [0.1, 0.15) is 19.5 Å². The minimum Gasteiger partial charge on any atom is -0.206 e. The fourth-order valence-corrected chi connectivity index (χ4v) is 3.21. The molecule has 0 aromatic heterocycles. The van der Waals surface area contributed by atoms with Crippen LogP contribution >= 0.6 is 0 Å². The van der Waals surface area contributed by atoms with Gasteiger partial charge in [-0.05, 0) is 34.4 Å². The van der Waals surface area contributed by atoms with Gasteiger partial charge in [0.2, 0.25) is 0 Å². The molecule has 0 saturated carbocycles. The maximum Gasteiger partial charge on any atom is 0.139 e. The molecule has 4 rings (SSSR count). The Bertz CT molecular complexity index is 1090. The monoisotopic (exact) mass is 354 g/mol. The summed E-state index contributed by atoms with van der Waals surface area (Å²) in [7, 11) is 1.99. The number of hydrogen-bond acceptors (Lipinski definition) is 0. The lowest BCUT2D eigenvalue weighted by atomic mass is 9.93. The zero-order valence-electron chi connectivity index (χ0n) is 14.9. The fraction of sp³-hybridized carbons (Fsp3) is 0. The highest BCUT2D eigenvalue weighted by Crippen LogP contribution is 2.31. The predicted octanol–water partition coefficient (Wildman–Crippen LogP) is 5.22. The Morgan fingerprint density at radius 2 is 1.00 bits per heavy atom. The topological polar surface area (TPSA) is 0 Å². The molecule has 0 nitrogen and oxygen atoms in total. The van der Waals surface area contributed by atoms with Crippen LogP contribution in [0.15, 0.2) is 91.0 Å². The third-order valence-electron chi connectivity index (χ3n) is 4.72. The zero-order valence-corrected chi connectivity index (χ0v) is 14.9. The van der Waals surface area contributed by atoms with E-state index >= 15 is 0 Å². The molecule has 0 aliphatic carbocycles. The summed E-state index contributed by atoms with van der Waals surface area (Å²) >= 11 is 0. The van der Waals surface area contributed by atoms with Crippen LogP contribution in [0.2, 0.25) is 0 Å². The molecule has 3 heteroatoms. The molecule has 130 valence electrons. The summed E-state index contributed by atoms with van der Waals surface area (Å²) in [6.07, 6.45) is 0. The van der Waals surface area contributed by atoms with E-state index in [0.29, 0.717) is 16.7 Å². The van der Waals surface area contributed by atoms with Gasteiger partial charge in [-0.2, -0.15) is 0 Å². The summed E-state index contributed by atoms with van der Waals surface area (Å²) < 4.78 is 29.4. The lowest BCUT2D eigenvalue weighted by Gasteiger charge is -2.10. The first kappa shape index (κ1) is 17.2. The van der Waals surface area contributed by atoms with Gasteiger partial charge >= 0.3 is 0 Å². The van der Waals surface area contributed by atoms with E-state index in [-0.39, 0.29) is 11.6 Å². The summed E-state index contributed by atoms with van der Waals surface area (Å²) in [6, 6.07) is 27.2. The molecule has 4 aromatic rings. The smallest absolute Gasteiger partial charge is 0.139 e. The van der Waals surface area contributed by atoms with Crippen molar-refractivity contribution in [1.82, 2.24) is 0 Å². The van der Waals surface area contributed by atoms with Crippen LogP contribution in [0.25, 0.3) is 33.4 Å². The Hall–Kier alpha value is -3.20. The maximum atomic E-state index is 14.7. The Kier molecular flexibility index (Phi) is 4.60. The molecular formula is C24H17BF2. The first-order chi connectivity index (χ1) is 13.1. The van der Waals surface area contributed by atoms with E-state index in [0.717, 1.165) is 22.2 Å². The predicted molar refractivity (Wildman–Crippen MR) is 111 cm³/mol. The highest BCUT2D eigenvalue weighted by Gasteiger charge is 2.11. The Morgan fingerprint density at radius 1 is 0.481 bits per heavy atom. The second-order valence-corrected chi connectivity index (χ2v) is 6.62. The molecule has 0 heterocycles. The first-order valence-electron chi connectivity index (χ1n) is 8.84. The average Bonchev–Trinajstić information content (AvgIpc) is 2.69. The van der Waals surface area contributed by atoms with Crippen molar-refractivity contribution in [2.75, 3.05) is 0 Å². The van der Waals surface area contributed by atoms with Crippen molar-refractivity contribution in [2.24, 2.45) is 0 Å². The molecule has 0 aliphatic rings. The number of benzene rings is 4. The zero-order chi connectivity index (χ0) is 18.8. The second kappa shape index (κ2) is 7.20. The van der Waals surface area contributed by atoms with E-state index in [1.54, 1.807) is 18.2 Å². The van der Waals surface area contributed by atoms with E-state index in [1.807, 2.05) is 68.5 Å². The molecule has 0 N–H and O–H groups in total. The van der Waals surface area contributed by atoms with Crippen LogP contribution in [-0.2, 0) is 0 Å². The Balaban J connectivity index is 1.69. The molecule has 4 aromatic carbocycles. The highest BCUT2D eigenvalue weighted by molar-refractivity contribution is 6.32. The van der Waals surface area contributed by atoms with Crippen molar-refractivity contribution in [2.45, 2.75) is 0 Å².